The standard InChI is InChI=1S/C17H13.C13H8Cl2.C9H13.2ClH.Zr/c1-3-12-5-7-14-11-15-8-6-13(4-2)10-17(15)16(14)9-12;14-12-5-1-3-10(8-12)7-11-4-2-6-13(15)9-11;1-9(2,3)8-6-4-5-7-8;;;/h3-11H,1-2H2;1-6,8-9H;6-7H,4H2,1-3H3;2*1H;/q-1;;-1;;;+2/p-2. The summed E-state index contributed by atoms with van der Waals surface area (Å²) >= 11 is 13.3. The van der Waals surface area contributed by atoms with Crippen molar-refractivity contribution in [2.45, 2.75) is 27.2 Å². The fourth-order valence-electron chi connectivity index (χ4n) is 4.66. The summed E-state index contributed by atoms with van der Waals surface area (Å²) < 4.78 is 1.26. The van der Waals surface area contributed by atoms with Gasteiger partial charge in [0.15, 0.2) is 0 Å². The van der Waals surface area contributed by atoms with Gasteiger partial charge in [-0.1, -0.05) is 75.8 Å². The summed E-state index contributed by atoms with van der Waals surface area (Å²) in [4.78, 5) is 0. The van der Waals surface area contributed by atoms with Crippen molar-refractivity contribution in [3.05, 3.63) is 160 Å². The minimum atomic E-state index is 0. The minimum Gasteiger partial charge on any atom is -1.00 e. The van der Waals surface area contributed by atoms with Gasteiger partial charge >= 0.3 is 120 Å². The van der Waals surface area contributed by atoms with Gasteiger partial charge < -0.3 is 24.8 Å². The Kier molecular flexibility index (Phi) is 14.9. The van der Waals surface area contributed by atoms with E-state index in [0.717, 1.165) is 38.7 Å². The number of halogens is 4. The Labute approximate surface area is 299 Å². The zero-order chi connectivity index (χ0) is 30.3. The molecule has 44 heavy (non-hydrogen) atoms. The number of allylic oxidation sites excluding steroid dienone is 4. The van der Waals surface area contributed by atoms with Gasteiger partial charge in [0.2, 0.25) is 0 Å². The molecule has 0 amide bonds. The first kappa shape index (κ1) is 37.8. The quantitative estimate of drug-likeness (QED) is 0.204. The first-order valence-corrected chi connectivity index (χ1v) is 15.8. The molecular weight excluding hydrogens is 701 g/mol. The number of hydrogen-bond acceptors (Lipinski definition) is 0. The topological polar surface area (TPSA) is 0 Å². The molecule has 5 heteroatoms. The zero-order valence-corrected chi connectivity index (χ0v) is 30.6. The molecule has 0 aromatic heterocycles. The fourth-order valence-corrected chi connectivity index (χ4v) is 5.81. The second kappa shape index (κ2) is 17.4. The molecular formula is C39H34Cl4Zr-2. The van der Waals surface area contributed by atoms with Crippen LogP contribution in [0.1, 0.15) is 49.4 Å². The van der Waals surface area contributed by atoms with Gasteiger partial charge in [0, 0.05) is 0 Å². The van der Waals surface area contributed by atoms with Gasteiger partial charge in [-0.05, 0) is 11.1 Å². The second-order valence-corrected chi connectivity index (χ2v) is 13.2. The molecule has 0 fully saturated rings. The van der Waals surface area contributed by atoms with Crippen LogP contribution in [0.3, 0.4) is 0 Å². The number of fused-ring (bicyclic) bond motifs is 3. The molecule has 0 saturated heterocycles. The Morgan fingerprint density at radius 2 is 1.25 bits per heavy atom. The first-order valence-electron chi connectivity index (χ1n) is 13.8. The molecule has 0 unspecified atom stereocenters. The maximum atomic E-state index is 5.98. The molecule has 6 rings (SSSR count). The summed E-state index contributed by atoms with van der Waals surface area (Å²) in [6.07, 6.45) is 12.3. The van der Waals surface area contributed by atoms with E-state index in [0.29, 0.717) is 5.41 Å². The molecule has 0 spiro atoms. The van der Waals surface area contributed by atoms with Crippen LogP contribution in [-0.4, -0.2) is 3.21 Å². The Hall–Kier alpha value is -2.38. The van der Waals surface area contributed by atoms with Crippen molar-refractivity contribution in [1.82, 2.24) is 0 Å². The van der Waals surface area contributed by atoms with Crippen LogP contribution in [0.5, 0.6) is 0 Å². The SMILES string of the molecule is C=Cc1ccc2[cH-]c3ccc(C=C)cc3c2c1.CC(C)(C)C1=CC[C-]=C1.Clc1cccc([C](=[Zr+2])c2cccc(Cl)c2)c1.[Cl-].[Cl-]. The molecule has 1 aliphatic carbocycles. The molecule has 1 aliphatic rings. The molecule has 5 aromatic rings. The monoisotopic (exact) mass is 732 g/mol. The van der Waals surface area contributed by atoms with Crippen molar-refractivity contribution in [3.8, 4) is 0 Å². The fraction of sp³-hybridized carbons (Fsp3) is 0.128. The van der Waals surface area contributed by atoms with Gasteiger partial charge in [-0.15, -0.1) is 46.2 Å². The summed E-state index contributed by atoms with van der Waals surface area (Å²) in [6.45, 7) is 14.3. The van der Waals surface area contributed by atoms with Crippen LogP contribution in [0.15, 0.2) is 122 Å². The summed E-state index contributed by atoms with van der Waals surface area (Å²) in [5, 5.41) is 6.68. The van der Waals surface area contributed by atoms with E-state index in [2.05, 4.69) is 107 Å². The smallest absolute Gasteiger partial charge is 1.00 e. The molecule has 0 saturated carbocycles. The van der Waals surface area contributed by atoms with E-state index in [9.17, 15) is 0 Å². The van der Waals surface area contributed by atoms with Gasteiger partial charge in [-0.25, -0.2) is 6.08 Å². The first-order chi connectivity index (χ1) is 20.1. The number of rotatable bonds is 4. The molecule has 5 aromatic carbocycles. The number of hydrogen-bond donors (Lipinski definition) is 0. The van der Waals surface area contributed by atoms with Gasteiger partial charge in [-0.3, -0.25) is 6.08 Å². The Bertz CT molecular complexity index is 1710. The Morgan fingerprint density at radius 3 is 1.59 bits per heavy atom. The Morgan fingerprint density at radius 1 is 0.773 bits per heavy atom. The average Bonchev–Trinajstić information content (AvgIpc) is 3.66. The van der Waals surface area contributed by atoms with Crippen molar-refractivity contribution in [2.24, 2.45) is 5.41 Å². The summed E-state index contributed by atoms with van der Waals surface area (Å²) in [5.74, 6) is 0. The van der Waals surface area contributed by atoms with Crippen LogP contribution in [0, 0.1) is 11.5 Å². The van der Waals surface area contributed by atoms with Crippen LogP contribution >= 0.6 is 23.2 Å². The molecule has 0 nitrogen and oxygen atoms in total. The average molecular weight is 736 g/mol. The molecule has 0 bridgehead atoms. The van der Waals surface area contributed by atoms with Crippen LogP contribution in [-0.2, 0) is 24.2 Å². The third kappa shape index (κ3) is 10.1. The van der Waals surface area contributed by atoms with Crippen molar-refractivity contribution in [2.75, 3.05) is 0 Å². The van der Waals surface area contributed by atoms with Crippen molar-refractivity contribution >= 4 is 60.1 Å². The van der Waals surface area contributed by atoms with Gasteiger partial charge in [0.25, 0.3) is 0 Å². The van der Waals surface area contributed by atoms with E-state index >= 15 is 0 Å². The second-order valence-electron chi connectivity index (χ2n) is 11.1. The minimum absolute atomic E-state index is 0. The summed E-state index contributed by atoms with van der Waals surface area (Å²) in [6, 6.07) is 30.9. The van der Waals surface area contributed by atoms with E-state index in [4.69, 9.17) is 23.2 Å². The van der Waals surface area contributed by atoms with E-state index in [1.54, 1.807) is 0 Å². The molecule has 224 valence electrons. The van der Waals surface area contributed by atoms with E-state index in [1.807, 2.05) is 48.6 Å². The van der Waals surface area contributed by atoms with Crippen LogP contribution in [0.25, 0.3) is 33.7 Å². The van der Waals surface area contributed by atoms with Crippen molar-refractivity contribution in [3.63, 3.8) is 0 Å². The third-order valence-corrected chi connectivity index (χ3v) is 8.91. The van der Waals surface area contributed by atoms with Gasteiger partial charge in [0.1, 0.15) is 0 Å². The van der Waals surface area contributed by atoms with Gasteiger partial charge in [0.05, 0.1) is 0 Å². The maximum absolute atomic E-state index is 5.98. The third-order valence-electron chi connectivity index (χ3n) is 7.02. The molecule has 0 radical (unpaired) electrons. The van der Waals surface area contributed by atoms with Crippen LogP contribution in [0.2, 0.25) is 10.0 Å². The Balaban J connectivity index is 0.000000235. The van der Waals surface area contributed by atoms with E-state index < -0.39 is 0 Å². The van der Waals surface area contributed by atoms with E-state index in [1.165, 1.54) is 54.6 Å². The summed E-state index contributed by atoms with van der Waals surface area (Å²) in [5.41, 5.74) is 6.38. The summed E-state index contributed by atoms with van der Waals surface area (Å²) in [7, 11) is 0. The number of benzene rings is 4. The van der Waals surface area contributed by atoms with Crippen LogP contribution in [0.4, 0.5) is 0 Å². The maximum Gasteiger partial charge on any atom is -1.00 e. The van der Waals surface area contributed by atoms with Crippen molar-refractivity contribution in [1.29, 1.82) is 0 Å². The largest absolute Gasteiger partial charge is 1.00 e. The molecule has 0 atom stereocenters. The predicted molar refractivity (Wildman–Crippen MR) is 183 cm³/mol. The zero-order valence-electron chi connectivity index (χ0n) is 25.1. The van der Waals surface area contributed by atoms with E-state index in [-0.39, 0.29) is 24.8 Å². The molecule has 0 heterocycles. The predicted octanol–water partition coefficient (Wildman–Crippen LogP) is 5.84. The molecule has 0 aliphatic heterocycles. The molecule has 0 N–H and O–H groups in total. The van der Waals surface area contributed by atoms with Crippen molar-refractivity contribution < 1.29 is 49.0 Å². The normalized spacial score (nSPS) is 11.7. The van der Waals surface area contributed by atoms with Gasteiger partial charge in [-0.2, -0.15) is 11.6 Å². The van der Waals surface area contributed by atoms with Crippen LogP contribution < -0.4 is 24.8 Å².